The van der Waals surface area contributed by atoms with Crippen LogP contribution in [0.4, 0.5) is 15.8 Å². The summed E-state index contributed by atoms with van der Waals surface area (Å²) < 4.78 is 18.4. The third kappa shape index (κ3) is 3.94. The zero-order valence-corrected chi connectivity index (χ0v) is 12.7. The average molecular weight is 303 g/mol. The first-order valence-electron chi connectivity index (χ1n) is 6.83. The molecule has 0 aliphatic heterocycles. The van der Waals surface area contributed by atoms with Crippen molar-refractivity contribution in [2.24, 2.45) is 0 Å². The standard InChI is InChI=1S/C16H18FN3O2/c1-10-4-5-12(8-14(10)17)20-16(21)11(2)19-13-6-7-15(22-3)18-9-13/h4-9,11,19H,1-3H3,(H,20,21)/t11-/m0/s1. The van der Waals surface area contributed by atoms with E-state index in [-0.39, 0.29) is 11.7 Å². The van der Waals surface area contributed by atoms with Crippen LogP contribution in [0.3, 0.4) is 0 Å². The van der Waals surface area contributed by atoms with Crippen LogP contribution in [-0.2, 0) is 4.79 Å². The molecule has 1 aromatic carbocycles. The number of carbonyl (C=O) groups is 1. The molecule has 0 spiro atoms. The van der Waals surface area contributed by atoms with Crippen LogP contribution in [-0.4, -0.2) is 24.0 Å². The van der Waals surface area contributed by atoms with Crippen LogP contribution in [0.1, 0.15) is 12.5 Å². The van der Waals surface area contributed by atoms with Gasteiger partial charge in [0, 0.05) is 11.8 Å². The van der Waals surface area contributed by atoms with Gasteiger partial charge < -0.3 is 15.4 Å². The second-order valence-electron chi connectivity index (χ2n) is 4.91. The van der Waals surface area contributed by atoms with Crippen LogP contribution in [0.15, 0.2) is 36.5 Å². The lowest BCUT2D eigenvalue weighted by Crippen LogP contribution is -2.31. The van der Waals surface area contributed by atoms with E-state index in [0.717, 1.165) is 0 Å². The number of aromatic nitrogens is 1. The summed E-state index contributed by atoms with van der Waals surface area (Å²) in [5.74, 6) is -0.116. The number of carbonyl (C=O) groups excluding carboxylic acids is 1. The minimum atomic E-state index is -0.500. The number of nitrogens with one attached hydrogen (secondary N) is 2. The van der Waals surface area contributed by atoms with E-state index in [2.05, 4.69) is 15.6 Å². The first-order chi connectivity index (χ1) is 10.5. The topological polar surface area (TPSA) is 63.2 Å². The van der Waals surface area contributed by atoms with Crippen LogP contribution >= 0.6 is 0 Å². The van der Waals surface area contributed by atoms with Crippen molar-refractivity contribution in [1.82, 2.24) is 4.98 Å². The Morgan fingerprint density at radius 1 is 1.27 bits per heavy atom. The molecule has 1 heterocycles. The number of anilines is 2. The Kier molecular flexibility index (Phi) is 4.93. The zero-order valence-electron chi connectivity index (χ0n) is 12.7. The van der Waals surface area contributed by atoms with Gasteiger partial charge >= 0.3 is 0 Å². The molecule has 0 saturated heterocycles. The minimum Gasteiger partial charge on any atom is -0.481 e. The van der Waals surface area contributed by atoms with Crippen molar-refractivity contribution < 1.29 is 13.9 Å². The molecule has 1 atom stereocenters. The third-order valence-corrected chi connectivity index (χ3v) is 3.16. The number of methoxy groups -OCH3 is 1. The van der Waals surface area contributed by atoms with E-state index in [1.165, 1.54) is 13.2 Å². The molecule has 0 saturated carbocycles. The highest BCUT2D eigenvalue weighted by Gasteiger charge is 2.13. The molecule has 0 bridgehead atoms. The molecule has 0 unspecified atom stereocenters. The molecule has 0 fully saturated rings. The molecule has 1 aromatic heterocycles. The highest BCUT2D eigenvalue weighted by molar-refractivity contribution is 5.96. The Balaban J connectivity index is 1.97. The Morgan fingerprint density at radius 2 is 2.00 bits per heavy atom. The molecule has 2 rings (SSSR count). The van der Waals surface area contributed by atoms with E-state index in [0.29, 0.717) is 22.8 Å². The van der Waals surface area contributed by atoms with Gasteiger partial charge in [0.05, 0.1) is 19.0 Å². The van der Waals surface area contributed by atoms with Gasteiger partial charge in [-0.15, -0.1) is 0 Å². The minimum absolute atomic E-state index is 0.265. The lowest BCUT2D eigenvalue weighted by Gasteiger charge is -2.15. The van der Waals surface area contributed by atoms with E-state index in [9.17, 15) is 9.18 Å². The number of ether oxygens (including phenoxy) is 1. The number of rotatable bonds is 5. The van der Waals surface area contributed by atoms with Gasteiger partial charge in [0.1, 0.15) is 11.9 Å². The second-order valence-corrected chi connectivity index (χ2v) is 4.91. The maximum Gasteiger partial charge on any atom is 0.246 e. The van der Waals surface area contributed by atoms with Crippen LogP contribution in [0.5, 0.6) is 5.88 Å². The Hall–Kier alpha value is -2.63. The maximum absolute atomic E-state index is 13.5. The van der Waals surface area contributed by atoms with Crippen molar-refractivity contribution in [3.05, 3.63) is 47.9 Å². The van der Waals surface area contributed by atoms with Crippen molar-refractivity contribution >= 4 is 17.3 Å². The highest BCUT2D eigenvalue weighted by atomic mass is 19.1. The lowest BCUT2D eigenvalue weighted by atomic mass is 10.2. The molecular weight excluding hydrogens is 285 g/mol. The highest BCUT2D eigenvalue weighted by Crippen LogP contribution is 2.15. The molecule has 22 heavy (non-hydrogen) atoms. The molecule has 0 aliphatic rings. The number of aryl methyl sites for hydroxylation is 1. The largest absolute Gasteiger partial charge is 0.481 e. The summed E-state index contributed by atoms with van der Waals surface area (Å²) in [4.78, 5) is 16.1. The number of halogens is 1. The van der Waals surface area contributed by atoms with E-state index in [4.69, 9.17) is 4.74 Å². The second kappa shape index (κ2) is 6.89. The van der Waals surface area contributed by atoms with Crippen molar-refractivity contribution in [3.8, 4) is 5.88 Å². The summed E-state index contributed by atoms with van der Waals surface area (Å²) >= 11 is 0. The lowest BCUT2D eigenvalue weighted by molar-refractivity contribution is -0.116. The molecule has 116 valence electrons. The molecule has 2 aromatic rings. The number of benzene rings is 1. The fourth-order valence-electron chi connectivity index (χ4n) is 1.82. The quantitative estimate of drug-likeness (QED) is 0.891. The molecule has 1 amide bonds. The first-order valence-corrected chi connectivity index (χ1v) is 6.83. The molecular formula is C16H18FN3O2. The number of nitrogens with zero attached hydrogens (tertiary/aromatic N) is 1. The molecule has 0 aliphatic carbocycles. The number of hydrogen-bond donors (Lipinski definition) is 2. The first kappa shape index (κ1) is 15.8. The van der Waals surface area contributed by atoms with Gasteiger partial charge in [-0.25, -0.2) is 9.37 Å². The third-order valence-electron chi connectivity index (χ3n) is 3.16. The van der Waals surface area contributed by atoms with Gasteiger partial charge in [0.25, 0.3) is 0 Å². The number of amides is 1. The molecule has 6 heteroatoms. The summed E-state index contributed by atoms with van der Waals surface area (Å²) in [5.41, 5.74) is 1.65. The van der Waals surface area contributed by atoms with Gasteiger partial charge in [0.2, 0.25) is 11.8 Å². The van der Waals surface area contributed by atoms with Crippen LogP contribution in [0, 0.1) is 12.7 Å². The summed E-state index contributed by atoms with van der Waals surface area (Å²) in [7, 11) is 1.53. The number of hydrogen-bond acceptors (Lipinski definition) is 4. The van der Waals surface area contributed by atoms with E-state index < -0.39 is 6.04 Å². The van der Waals surface area contributed by atoms with Crippen molar-refractivity contribution in [3.63, 3.8) is 0 Å². The van der Waals surface area contributed by atoms with Gasteiger partial charge in [-0.05, 0) is 37.6 Å². The van der Waals surface area contributed by atoms with Crippen LogP contribution in [0.25, 0.3) is 0 Å². The summed E-state index contributed by atoms with van der Waals surface area (Å²) in [5, 5.41) is 5.68. The predicted molar refractivity (Wildman–Crippen MR) is 83.6 cm³/mol. The Labute approximate surface area is 128 Å². The Morgan fingerprint density at radius 3 is 2.59 bits per heavy atom. The molecule has 0 radical (unpaired) electrons. The van der Waals surface area contributed by atoms with E-state index in [1.54, 1.807) is 44.3 Å². The van der Waals surface area contributed by atoms with Crippen molar-refractivity contribution in [1.29, 1.82) is 0 Å². The SMILES string of the molecule is COc1ccc(N[C@@H](C)C(=O)Nc2ccc(C)c(F)c2)cn1. The normalized spacial score (nSPS) is 11.6. The number of pyridine rings is 1. The van der Waals surface area contributed by atoms with Crippen molar-refractivity contribution in [2.45, 2.75) is 19.9 Å². The maximum atomic E-state index is 13.5. The van der Waals surface area contributed by atoms with Gasteiger partial charge in [0.15, 0.2) is 0 Å². The summed E-state index contributed by atoms with van der Waals surface area (Å²) in [6.07, 6.45) is 1.58. The van der Waals surface area contributed by atoms with E-state index >= 15 is 0 Å². The zero-order chi connectivity index (χ0) is 16.1. The smallest absolute Gasteiger partial charge is 0.246 e. The summed E-state index contributed by atoms with van der Waals surface area (Å²) in [6, 6.07) is 7.55. The Bertz CT molecular complexity index is 659. The summed E-state index contributed by atoms with van der Waals surface area (Å²) in [6.45, 7) is 3.38. The molecule has 5 nitrogen and oxygen atoms in total. The predicted octanol–water partition coefficient (Wildman–Crippen LogP) is 2.98. The van der Waals surface area contributed by atoms with Crippen LogP contribution < -0.4 is 15.4 Å². The van der Waals surface area contributed by atoms with Gasteiger partial charge in [-0.2, -0.15) is 0 Å². The van der Waals surface area contributed by atoms with Crippen molar-refractivity contribution in [2.75, 3.05) is 17.7 Å². The average Bonchev–Trinajstić information content (AvgIpc) is 2.51. The fraction of sp³-hybridized carbons (Fsp3) is 0.250. The molecule has 2 N–H and O–H groups in total. The fourth-order valence-corrected chi connectivity index (χ4v) is 1.82. The van der Waals surface area contributed by atoms with E-state index in [1.807, 2.05) is 0 Å². The van der Waals surface area contributed by atoms with Gasteiger partial charge in [-0.1, -0.05) is 6.07 Å². The van der Waals surface area contributed by atoms with Gasteiger partial charge in [-0.3, -0.25) is 4.79 Å². The monoisotopic (exact) mass is 303 g/mol. The van der Waals surface area contributed by atoms with Crippen LogP contribution in [0.2, 0.25) is 0 Å².